The molecule has 1 heterocycles. The number of nitrogens with one attached hydrogen (secondary N) is 1. The smallest absolute Gasteiger partial charge is 0.407 e. The van der Waals surface area contributed by atoms with Gasteiger partial charge in [-0.1, -0.05) is 47.3 Å². The van der Waals surface area contributed by atoms with Crippen LogP contribution in [0.3, 0.4) is 0 Å². The average molecular weight is 340 g/mol. The highest BCUT2D eigenvalue weighted by Gasteiger charge is 2.10. The van der Waals surface area contributed by atoms with Crippen molar-refractivity contribution in [3.8, 4) is 0 Å². The van der Waals surface area contributed by atoms with E-state index in [1.165, 1.54) is 0 Å². The Morgan fingerprint density at radius 1 is 1.04 bits per heavy atom. The maximum atomic E-state index is 11.8. The van der Waals surface area contributed by atoms with Gasteiger partial charge in [0.1, 0.15) is 17.6 Å². The zero-order chi connectivity index (χ0) is 17.5. The minimum absolute atomic E-state index is 0.0192. The van der Waals surface area contributed by atoms with Crippen LogP contribution in [0.5, 0.6) is 0 Å². The number of fused-ring (bicyclic) bond motifs is 1. The van der Waals surface area contributed by atoms with Gasteiger partial charge in [0.2, 0.25) is 0 Å². The van der Waals surface area contributed by atoms with Crippen LogP contribution in [-0.4, -0.2) is 33.8 Å². The zero-order valence-electron chi connectivity index (χ0n) is 13.3. The van der Waals surface area contributed by atoms with Crippen molar-refractivity contribution in [1.82, 2.24) is 20.5 Å². The summed E-state index contributed by atoms with van der Waals surface area (Å²) in [7, 11) is 0. The number of amides is 1. The maximum absolute atomic E-state index is 11.8. The van der Waals surface area contributed by atoms with Crippen LogP contribution in [0.25, 0.3) is 11.0 Å². The van der Waals surface area contributed by atoms with Gasteiger partial charge in [-0.05, 0) is 22.9 Å². The molecule has 1 amide bonds. The van der Waals surface area contributed by atoms with Gasteiger partial charge in [0, 0.05) is 6.54 Å². The fourth-order valence-electron chi connectivity index (χ4n) is 2.10. The molecule has 0 saturated carbocycles. The number of hydrogen-bond acceptors (Lipinski definition) is 6. The fourth-order valence-corrected chi connectivity index (χ4v) is 2.10. The van der Waals surface area contributed by atoms with Gasteiger partial charge < -0.3 is 14.9 Å². The van der Waals surface area contributed by atoms with Crippen molar-refractivity contribution >= 4 is 23.1 Å². The molecule has 0 aliphatic carbocycles. The van der Waals surface area contributed by atoms with E-state index >= 15 is 0 Å². The molecule has 8 nitrogen and oxygen atoms in total. The van der Waals surface area contributed by atoms with E-state index in [4.69, 9.17) is 9.57 Å². The molecular weight excluding hydrogens is 324 g/mol. The highest BCUT2D eigenvalue weighted by atomic mass is 16.7. The Morgan fingerprint density at radius 3 is 2.64 bits per heavy atom. The van der Waals surface area contributed by atoms with E-state index in [0.29, 0.717) is 11.0 Å². The molecule has 128 valence electrons. The van der Waals surface area contributed by atoms with E-state index in [-0.39, 0.29) is 19.6 Å². The molecule has 0 atom stereocenters. The van der Waals surface area contributed by atoms with E-state index in [2.05, 4.69) is 15.6 Å². The molecule has 25 heavy (non-hydrogen) atoms. The topological polar surface area (TPSA) is 95.3 Å². The molecule has 1 aromatic heterocycles. The fraction of sp³-hybridized carbons (Fsp3) is 0.176. The Hall–Kier alpha value is -3.42. The van der Waals surface area contributed by atoms with Crippen molar-refractivity contribution < 1.29 is 19.2 Å². The quantitative estimate of drug-likeness (QED) is 0.686. The first-order chi connectivity index (χ1) is 12.2. The highest BCUT2D eigenvalue weighted by Crippen LogP contribution is 2.08. The van der Waals surface area contributed by atoms with Crippen LogP contribution >= 0.6 is 0 Å². The molecule has 0 aliphatic rings. The summed E-state index contributed by atoms with van der Waals surface area (Å²) in [5, 5.41) is 10.1. The molecular formula is C17H16N4O4. The van der Waals surface area contributed by atoms with Gasteiger partial charge >= 0.3 is 12.1 Å². The number of rotatable bonds is 6. The molecule has 0 fully saturated rings. The van der Waals surface area contributed by atoms with Crippen LogP contribution < -0.4 is 10.2 Å². The van der Waals surface area contributed by atoms with Crippen molar-refractivity contribution in [2.24, 2.45) is 0 Å². The highest BCUT2D eigenvalue weighted by molar-refractivity contribution is 5.76. The molecule has 0 bridgehead atoms. The Morgan fingerprint density at radius 2 is 1.80 bits per heavy atom. The first-order valence-corrected chi connectivity index (χ1v) is 7.68. The second-order valence-corrected chi connectivity index (χ2v) is 5.15. The summed E-state index contributed by atoms with van der Waals surface area (Å²) in [5.41, 5.74) is 2.10. The lowest BCUT2D eigenvalue weighted by Crippen LogP contribution is -2.29. The van der Waals surface area contributed by atoms with Crippen molar-refractivity contribution in [2.45, 2.75) is 13.0 Å². The molecule has 8 heteroatoms. The second-order valence-electron chi connectivity index (χ2n) is 5.15. The van der Waals surface area contributed by atoms with Gasteiger partial charge in [-0.3, -0.25) is 0 Å². The SMILES string of the molecule is O=C(CCNC(=O)OCc1ccccc1)On1nnc2ccccc21. The number of ether oxygens (including phenoxy) is 1. The summed E-state index contributed by atoms with van der Waals surface area (Å²) in [4.78, 5) is 29.5. The maximum Gasteiger partial charge on any atom is 0.407 e. The molecule has 3 rings (SSSR count). The summed E-state index contributed by atoms with van der Waals surface area (Å²) in [6.45, 7) is 0.265. The predicted molar refractivity (Wildman–Crippen MR) is 88.4 cm³/mol. The van der Waals surface area contributed by atoms with E-state index in [1.807, 2.05) is 36.4 Å². The molecule has 1 N–H and O–H groups in total. The number of para-hydroxylation sites is 1. The number of alkyl carbamates (subject to hydrolysis) is 1. The Kier molecular flexibility index (Phi) is 5.20. The zero-order valence-corrected chi connectivity index (χ0v) is 13.3. The lowest BCUT2D eigenvalue weighted by Gasteiger charge is -2.07. The molecule has 0 unspecified atom stereocenters. The minimum atomic E-state index is -0.595. The lowest BCUT2D eigenvalue weighted by molar-refractivity contribution is -0.145. The Bertz CT molecular complexity index is 863. The average Bonchev–Trinajstić information content (AvgIpc) is 3.04. The standard InChI is InChI=1S/C17H16N4O4/c22-16(25-21-15-9-5-4-8-14(15)19-20-21)10-11-18-17(23)24-12-13-6-2-1-3-7-13/h1-9H,10-12H2,(H,18,23). The van der Waals surface area contributed by atoms with Gasteiger partial charge in [0.15, 0.2) is 0 Å². The monoisotopic (exact) mass is 340 g/mol. The number of nitrogens with zero attached hydrogens (tertiary/aromatic N) is 3. The van der Waals surface area contributed by atoms with Gasteiger partial charge in [-0.25, -0.2) is 9.59 Å². The third kappa shape index (κ3) is 4.54. The number of hydrogen-bond donors (Lipinski definition) is 1. The number of carbonyl (C=O) groups is 2. The van der Waals surface area contributed by atoms with Crippen LogP contribution in [0.2, 0.25) is 0 Å². The molecule has 2 aromatic carbocycles. The van der Waals surface area contributed by atoms with Crippen LogP contribution in [-0.2, 0) is 16.1 Å². The summed E-state index contributed by atoms with van der Waals surface area (Å²) in [5.74, 6) is -0.543. The van der Waals surface area contributed by atoms with Crippen LogP contribution in [0, 0.1) is 0 Å². The summed E-state index contributed by atoms with van der Waals surface area (Å²) >= 11 is 0. The number of aromatic nitrogens is 3. The molecule has 3 aromatic rings. The molecule has 0 radical (unpaired) electrons. The van der Waals surface area contributed by atoms with Crippen molar-refractivity contribution in [1.29, 1.82) is 0 Å². The third-order valence-electron chi connectivity index (χ3n) is 3.32. The summed E-state index contributed by atoms with van der Waals surface area (Å²) < 4.78 is 5.04. The van der Waals surface area contributed by atoms with Crippen molar-refractivity contribution in [3.05, 3.63) is 60.2 Å². The Labute approximate surface area is 143 Å². The van der Waals surface area contributed by atoms with E-state index in [0.717, 1.165) is 10.4 Å². The lowest BCUT2D eigenvalue weighted by atomic mass is 10.2. The predicted octanol–water partition coefficient (Wildman–Crippen LogP) is 1.70. The van der Waals surface area contributed by atoms with Gasteiger partial charge in [0.25, 0.3) is 0 Å². The number of carbonyl (C=O) groups excluding carboxylic acids is 2. The largest absolute Gasteiger partial charge is 0.445 e. The van der Waals surface area contributed by atoms with Gasteiger partial charge in [0.05, 0.1) is 6.42 Å². The van der Waals surface area contributed by atoms with Crippen molar-refractivity contribution in [3.63, 3.8) is 0 Å². The van der Waals surface area contributed by atoms with Crippen molar-refractivity contribution in [2.75, 3.05) is 6.54 Å². The second kappa shape index (κ2) is 7.91. The van der Waals surface area contributed by atoms with Gasteiger partial charge in [-0.2, -0.15) is 0 Å². The van der Waals surface area contributed by atoms with E-state index < -0.39 is 12.1 Å². The first-order valence-electron chi connectivity index (χ1n) is 7.68. The van der Waals surface area contributed by atoms with E-state index in [1.54, 1.807) is 18.2 Å². The normalized spacial score (nSPS) is 10.4. The van der Waals surface area contributed by atoms with E-state index in [9.17, 15) is 9.59 Å². The molecule has 0 spiro atoms. The number of benzene rings is 2. The van der Waals surface area contributed by atoms with Crippen LogP contribution in [0.4, 0.5) is 4.79 Å². The first kappa shape index (κ1) is 16.4. The Balaban J connectivity index is 1.39. The van der Waals surface area contributed by atoms with Gasteiger partial charge in [-0.15, -0.1) is 5.10 Å². The minimum Gasteiger partial charge on any atom is -0.445 e. The molecule has 0 saturated heterocycles. The van der Waals surface area contributed by atoms with Crippen LogP contribution in [0.1, 0.15) is 12.0 Å². The third-order valence-corrected chi connectivity index (χ3v) is 3.32. The van der Waals surface area contributed by atoms with Crippen LogP contribution in [0.15, 0.2) is 54.6 Å². The molecule has 0 aliphatic heterocycles. The summed E-state index contributed by atoms with van der Waals surface area (Å²) in [6, 6.07) is 16.4. The summed E-state index contributed by atoms with van der Waals surface area (Å²) in [6.07, 6.45) is -0.614.